The van der Waals surface area contributed by atoms with Gasteiger partial charge in [-0.05, 0) is 36.9 Å². The van der Waals surface area contributed by atoms with Crippen LogP contribution in [0.1, 0.15) is 33.2 Å². The number of carbonyl (C=O) groups is 2. The van der Waals surface area contributed by atoms with E-state index in [2.05, 4.69) is 11.8 Å². The number of piperazine rings is 1. The maximum atomic E-state index is 13.0. The zero-order valence-corrected chi connectivity index (χ0v) is 17.0. The number of fused-ring (bicyclic) bond motifs is 2. The third-order valence-electron chi connectivity index (χ3n) is 5.29. The lowest BCUT2D eigenvalue weighted by Crippen LogP contribution is -3.00. The fourth-order valence-electron chi connectivity index (χ4n) is 3.67. The Hall–Kier alpha value is -2.22. The molecule has 1 amide bonds. The lowest BCUT2D eigenvalue weighted by Gasteiger charge is -2.34. The molecular formula is C20H20ClN2O4S-. The van der Waals surface area contributed by atoms with Crippen molar-refractivity contribution in [3.8, 4) is 0 Å². The van der Waals surface area contributed by atoms with Crippen molar-refractivity contribution in [1.29, 1.82) is 0 Å². The SMILES string of the molecule is CCN1CCN(C(=O)c2ccc3c(c2)S(=O)(=O)c2ccccc2C3=O)CC1.[Cl-]. The number of likely N-dealkylation sites (N-methyl/N-ethyl adjacent to an activating group) is 1. The van der Waals surface area contributed by atoms with E-state index in [9.17, 15) is 18.0 Å². The first-order valence-electron chi connectivity index (χ1n) is 8.98. The molecule has 2 aromatic carbocycles. The highest BCUT2D eigenvalue weighted by atomic mass is 35.5. The Bertz CT molecular complexity index is 1040. The van der Waals surface area contributed by atoms with E-state index in [1.54, 1.807) is 23.1 Å². The maximum absolute atomic E-state index is 13.0. The summed E-state index contributed by atoms with van der Waals surface area (Å²) in [6.45, 7) is 5.85. The van der Waals surface area contributed by atoms with Gasteiger partial charge in [-0.15, -0.1) is 0 Å². The number of ketones is 1. The monoisotopic (exact) mass is 419 g/mol. The molecule has 0 saturated carbocycles. The smallest absolute Gasteiger partial charge is 0.253 e. The number of hydrogen-bond donors (Lipinski definition) is 0. The fraction of sp³-hybridized carbons (Fsp3) is 0.300. The second kappa shape index (κ2) is 7.66. The second-order valence-corrected chi connectivity index (χ2v) is 8.65. The summed E-state index contributed by atoms with van der Waals surface area (Å²) in [6.07, 6.45) is 0. The van der Waals surface area contributed by atoms with Crippen LogP contribution in [0, 0.1) is 0 Å². The lowest BCUT2D eigenvalue weighted by atomic mass is 10.0. The van der Waals surface area contributed by atoms with Gasteiger partial charge in [0.05, 0.1) is 9.79 Å². The summed E-state index contributed by atoms with van der Waals surface area (Å²) in [6, 6.07) is 10.6. The van der Waals surface area contributed by atoms with Crippen LogP contribution in [0.3, 0.4) is 0 Å². The van der Waals surface area contributed by atoms with Gasteiger partial charge in [-0.3, -0.25) is 9.59 Å². The molecule has 2 aliphatic rings. The molecule has 28 heavy (non-hydrogen) atoms. The third-order valence-corrected chi connectivity index (χ3v) is 7.14. The number of carbonyl (C=O) groups excluding carboxylic acids is 2. The van der Waals surface area contributed by atoms with Crippen LogP contribution in [0.25, 0.3) is 0 Å². The minimum absolute atomic E-state index is 0. The van der Waals surface area contributed by atoms with E-state index in [-0.39, 0.29) is 45.0 Å². The van der Waals surface area contributed by atoms with Gasteiger partial charge >= 0.3 is 0 Å². The molecule has 8 heteroatoms. The Morgan fingerprint density at radius 2 is 1.61 bits per heavy atom. The molecule has 0 atom stereocenters. The van der Waals surface area contributed by atoms with Gasteiger partial charge in [0.15, 0.2) is 5.78 Å². The molecule has 4 rings (SSSR count). The van der Waals surface area contributed by atoms with E-state index in [0.717, 1.165) is 19.6 Å². The molecule has 0 aromatic heterocycles. The average molecular weight is 420 g/mol. The molecule has 2 heterocycles. The molecule has 0 unspecified atom stereocenters. The summed E-state index contributed by atoms with van der Waals surface area (Å²) in [4.78, 5) is 29.4. The number of halogens is 1. The van der Waals surface area contributed by atoms with Crippen LogP contribution in [-0.2, 0) is 9.84 Å². The van der Waals surface area contributed by atoms with Gasteiger partial charge in [0.2, 0.25) is 9.84 Å². The van der Waals surface area contributed by atoms with Crippen LogP contribution in [0.2, 0.25) is 0 Å². The highest BCUT2D eigenvalue weighted by Crippen LogP contribution is 2.34. The van der Waals surface area contributed by atoms with Crippen molar-refractivity contribution < 1.29 is 30.4 Å². The topological polar surface area (TPSA) is 74.8 Å². The fourth-order valence-corrected chi connectivity index (χ4v) is 5.34. The first-order chi connectivity index (χ1) is 12.9. The average Bonchev–Trinajstić information content (AvgIpc) is 2.71. The molecule has 0 radical (unpaired) electrons. The van der Waals surface area contributed by atoms with E-state index in [1.807, 2.05) is 0 Å². The van der Waals surface area contributed by atoms with Gasteiger partial charge in [-0.2, -0.15) is 0 Å². The predicted octanol–water partition coefficient (Wildman–Crippen LogP) is -1.15. The first kappa shape index (κ1) is 20.5. The quantitative estimate of drug-likeness (QED) is 0.524. The predicted molar refractivity (Wildman–Crippen MR) is 99.8 cm³/mol. The number of rotatable bonds is 2. The van der Waals surface area contributed by atoms with Crippen molar-refractivity contribution in [2.45, 2.75) is 16.7 Å². The summed E-state index contributed by atoms with van der Waals surface area (Å²) in [5.74, 6) is -0.527. The lowest BCUT2D eigenvalue weighted by molar-refractivity contribution is -0.0000250. The molecule has 6 nitrogen and oxygen atoms in total. The minimum Gasteiger partial charge on any atom is -1.00 e. The molecule has 0 bridgehead atoms. The standard InChI is InChI=1S/C20H20N2O4S.ClH/c1-2-21-9-11-22(12-10-21)20(24)14-7-8-16-18(13-14)27(25,26)17-6-4-3-5-15(17)19(16)23;/h3-8,13H,2,9-12H2,1H3;1H/p-1. The minimum atomic E-state index is -3.83. The number of hydrogen-bond acceptors (Lipinski definition) is 5. The van der Waals surface area contributed by atoms with Crippen molar-refractivity contribution in [2.75, 3.05) is 32.7 Å². The van der Waals surface area contributed by atoms with Gasteiger partial charge in [-0.1, -0.05) is 19.1 Å². The zero-order chi connectivity index (χ0) is 19.2. The summed E-state index contributed by atoms with van der Waals surface area (Å²) in [5.41, 5.74) is 0.607. The molecule has 148 valence electrons. The Morgan fingerprint density at radius 1 is 0.964 bits per heavy atom. The van der Waals surface area contributed by atoms with Gasteiger partial charge < -0.3 is 22.2 Å². The van der Waals surface area contributed by atoms with Crippen molar-refractivity contribution in [2.24, 2.45) is 0 Å². The van der Waals surface area contributed by atoms with Crippen molar-refractivity contribution in [3.05, 3.63) is 59.2 Å². The van der Waals surface area contributed by atoms with E-state index in [0.29, 0.717) is 18.7 Å². The van der Waals surface area contributed by atoms with Crippen LogP contribution in [0.15, 0.2) is 52.3 Å². The van der Waals surface area contributed by atoms with Crippen LogP contribution >= 0.6 is 0 Å². The molecule has 2 aliphatic heterocycles. The van der Waals surface area contributed by atoms with Crippen LogP contribution < -0.4 is 12.4 Å². The normalized spacial score (nSPS) is 18.0. The molecule has 1 saturated heterocycles. The van der Waals surface area contributed by atoms with Crippen LogP contribution in [-0.4, -0.2) is 62.6 Å². The number of nitrogens with zero attached hydrogens (tertiary/aromatic N) is 2. The van der Waals surface area contributed by atoms with E-state index in [1.165, 1.54) is 24.3 Å². The number of benzene rings is 2. The summed E-state index contributed by atoms with van der Waals surface area (Å²) in [7, 11) is -3.83. The molecule has 0 spiro atoms. The van der Waals surface area contributed by atoms with E-state index < -0.39 is 9.84 Å². The number of amides is 1. The Kier molecular flexibility index (Phi) is 5.61. The molecule has 0 N–H and O–H groups in total. The highest BCUT2D eigenvalue weighted by Gasteiger charge is 2.35. The van der Waals surface area contributed by atoms with Gasteiger partial charge in [-0.25, -0.2) is 8.42 Å². The third kappa shape index (κ3) is 3.23. The van der Waals surface area contributed by atoms with Crippen molar-refractivity contribution in [1.82, 2.24) is 9.80 Å². The molecule has 2 aromatic rings. The maximum Gasteiger partial charge on any atom is 0.253 e. The van der Waals surface area contributed by atoms with E-state index in [4.69, 9.17) is 0 Å². The number of sulfone groups is 1. The van der Waals surface area contributed by atoms with Crippen LogP contribution in [0.4, 0.5) is 0 Å². The first-order valence-corrected chi connectivity index (χ1v) is 10.5. The molecular weight excluding hydrogens is 400 g/mol. The molecule has 0 aliphatic carbocycles. The molecule has 1 fully saturated rings. The van der Waals surface area contributed by atoms with E-state index >= 15 is 0 Å². The van der Waals surface area contributed by atoms with Gasteiger partial charge in [0.25, 0.3) is 5.91 Å². The van der Waals surface area contributed by atoms with Gasteiger partial charge in [0, 0.05) is 42.9 Å². The second-order valence-electron chi connectivity index (χ2n) is 6.77. The zero-order valence-electron chi connectivity index (χ0n) is 15.4. The summed E-state index contributed by atoms with van der Waals surface area (Å²) < 4.78 is 26.0. The van der Waals surface area contributed by atoms with Gasteiger partial charge in [0.1, 0.15) is 0 Å². The largest absolute Gasteiger partial charge is 1.00 e. The van der Waals surface area contributed by atoms with Crippen LogP contribution in [0.5, 0.6) is 0 Å². The Labute approximate surface area is 170 Å². The summed E-state index contributed by atoms with van der Waals surface area (Å²) in [5, 5.41) is 0. The Balaban J connectivity index is 0.00000225. The van der Waals surface area contributed by atoms with Crippen molar-refractivity contribution >= 4 is 21.5 Å². The highest BCUT2D eigenvalue weighted by molar-refractivity contribution is 7.91. The van der Waals surface area contributed by atoms with Crippen molar-refractivity contribution in [3.63, 3.8) is 0 Å². The Morgan fingerprint density at radius 3 is 2.29 bits per heavy atom. The summed E-state index contributed by atoms with van der Waals surface area (Å²) >= 11 is 0.